The first kappa shape index (κ1) is 8.35. The molecule has 6 heteroatoms. The Kier molecular flexibility index (Phi) is 2.35. The smallest absolute Gasteiger partial charge is 0.269 e. The second kappa shape index (κ2) is 3.10. The van der Waals surface area contributed by atoms with Crippen LogP contribution in [0.15, 0.2) is 21.8 Å². The lowest BCUT2D eigenvalue weighted by Gasteiger charge is -2.03. The van der Waals surface area contributed by atoms with Gasteiger partial charge in [-0.2, -0.15) is 0 Å². The van der Waals surface area contributed by atoms with Gasteiger partial charge in [0.15, 0.2) is 0 Å². The second-order valence-electron chi connectivity index (χ2n) is 1.73. The van der Waals surface area contributed by atoms with E-state index >= 15 is 0 Å². The zero-order valence-electron chi connectivity index (χ0n) is 5.15. The third-order valence-electron chi connectivity index (χ3n) is 0.996. The molecule has 0 amide bonds. The minimum atomic E-state index is -0.555. The van der Waals surface area contributed by atoms with Crippen LogP contribution in [0.5, 0.6) is 0 Å². The van der Waals surface area contributed by atoms with Crippen molar-refractivity contribution in [3.63, 3.8) is 0 Å². The Balaban J connectivity index is 3.23. The van der Waals surface area contributed by atoms with Crippen molar-refractivity contribution >= 4 is 34.2 Å². The fourth-order valence-corrected chi connectivity index (χ4v) is 1.05. The number of aromatic nitrogens is 1. The fourth-order valence-electron chi connectivity index (χ4n) is 0.547. The molecule has 0 bridgehead atoms. The summed E-state index contributed by atoms with van der Waals surface area (Å²) in [6.45, 7) is 0. The van der Waals surface area contributed by atoms with E-state index in [-0.39, 0.29) is 10.7 Å². The molecule has 11 heavy (non-hydrogen) atoms. The summed E-state index contributed by atoms with van der Waals surface area (Å²) in [6, 6.07) is 1.33. The second-order valence-corrected chi connectivity index (χ2v) is 3.04. The van der Waals surface area contributed by atoms with Gasteiger partial charge in [-0.1, -0.05) is 0 Å². The van der Waals surface area contributed by atoms with Crippen LogP contribution in [0.25, 0.3) is 0 Å². The Bertz CT molecular complexity index is 305. The number of pyridine rings is 1. The van der Waals surface area contributed by atoms with E-state index in [4.69, 9.17) is 0 Å². The zero-order valence-corrected chi connectivity index (χ0v) is 7.55. The first-order chi connectivity index (χ1) is 5.11. The molecule has 1 aromatic rings. The van der Waals surface area contributed by atoms with Crippen molar-refractivity contribution in [2.75, 3.05) is 0 Å². The molecule has 1 aromatic heterocycles. The largest absolute Gasteiger partial charge is 0.754 e. The molecule has 4 nitrogen and oxygen atoms in total. The average molecular weight is 234 g/mol. The summed E-state index contributed by atoms with van der Waals surface area (Å²) in [5.41, 5.74) is -0.144. The van der Waals surface area contributed by atoms with Gasteiger partial charge in [-0.05, 0) is 21.0 Å². The molecule has 1 heterocycles. The highest BCUT2D eigenvalue weighted by atomic mass is 79.9. The molecular formula is C5H2BrN2O2S-. The third kappa shape index (κ3) is 1.84. The molecule has 0 spiro atoms. The Morgan fingerprint density at radius 3 is 2.82 bits per heavy atom. The van der Waals surface area contributed by atoms with Gasteiger partial charge in [-0.3, -0.25) is 15.1 Å². The normalized spacial score (nSPS) is 9.55. The predicted molar refractivity (Wildman–Crippen MR) is 44.2 cm³/mol. The molecule has 0 N–H and O–H groups in total. The Morgan fingerprint density at radius 2 is 2.36 bits per heavy atom. The number of halogens is 1. The van der Waals surface area contributed by atoms with Gasteiger partial charge in [-0.25, -0.2) is 0 Å². The third-order valence-corrected chi connectivity index (χ3v) is 1.74. The van der Waals surface area contributed by atoms with Crippen molar-refractivity contribution in [3.05, 3.63) is 26.9 Å². The average Bonchev–Trinajstić information content (AvgIpc) is 1.94. The fraction of sp³-hybridized carbons (Fsp3) is 0. The van der Waals surface area contributed by atoms with Gasteiger partial charge in [0.05, 0.1) is 4.92 Å². The summed E-state index contributed by atoms with van der Waals surface area (Å²) in [5.74, 6) is 0. The van der Waals surface area contributed by atoms with E-state index in [1.807, 2.05) is 0 Å². The van der Waals surface area contributed by atoms with Crippen LogP contribution < -0.4 is 0 Å². The maximum absolute atomic E-state index is 10.3. The van der Waals surface area contributed by atoms with Crippen LogP contribution in [0.3, 0.4) is 0 Å². The Morgan fingerprint density at radius 1 is 1.73 bits per heavy atom. The van der Waals surface area contributed by atoms with Crippen LogP contribution in [-0.4, -0.2) is 9.91 Å². The van der Waals surface area contributed by atoms with E-state index < -0.39 is 4.92 Å². The van der Waals surface area contributed by atoms with Gasteiger partial charge in [-0.15, -0.1) is 0 Å². The Labute approximate surface area is 76.3 Å². The minimum Gasteiger partial charge on any atom is -0.754 e. The zero-order chi connectivity index (χ0) is 8.43. The molecule has 1 rings (SSSR count). The molecular weight excluding hydrogens is 232 g/mol. The molecule has 0 unspecified atom stereocenters. The molecule has 0 aliphatic rings. The lowest BCUT2D eigenvalue weighted by Crippen LogP contribution is -1.92. The number of hydrogen-bond acceptors (Lipinski definition) is 4. The molecule has 0 saturated heterocycles. The highest BCUT2D eigenvalue weighted by Crippen LogP contribution is 2.20. The number of rotatable bonds is 1. The van der Waals surface area contributed by atoms with E-state index in [0.717, 1.165) is 0 Å². The van der Waals surface area contributed by atoms with E-state index in [2.05, 4.69) is 33.5 Å². The number of nitrogens with zero attached hydrogens (tertiary/aromatic N) is 2. The summed E-state index contributed by atoms with van der Waals surface area (Å²) in [4.78, 5) is 13.3. The molecule has 0 aromatic carbocycles. The first-order valence-corrected chi connectivity index (χ1v) is 3.78. The van der Waals surface area contributed by atoms with E-state index in [1.165, 1.54) is 12.3 Å². The SMILES string of the molecule is O=[N+]([O-])c1cc(Br)cnc1[S-]. The summed E-state index contributed by atoms with van der Waals surface area (Å²) in [7, 11) is 0. The minimum absolute atomic E-state index is 0.0122. The maximum atomic E-state index is 10.3. The summed E-state index contributed by atoms with van der Waals surface area (Å²) in [5, 5.41) is 10.3. The van der Waals surface area contributed by atoms with Crippen LogP contribution in [0.2, 0.25) is 0 Å². The van der Waals surface area contributed by atoms with Gasteiger partial charge < -0.3 is 12.6 Å². The molecule has 0 radical (unpaired) electrons. The van der Waals surface area contributed by atoms with Gasteiger partial charge >= 0.3 is 0 Å². The van der Waals surface area contributed by atoms with Crippen LogP contribution in [-0.2, 0) is 12.6 Å². The van der Waals surface area contributed by atoms with Gasteiger partial charge in [0.2, 0.25) is 0 Å². The van der Waals surface area contributed by atoms with Crippen molar-refractivity contribution in [2.45, 2.75) is 5.03 Å². The quantitative estimate of drug-likeness (QED) is 0.421. The van der Waals surface area contributed by atoms with Crippen LogP contribution in [0.4, 0.5) is 5.69 Å². The number of hydrogen-bond donors (Lipinski definition) is 0. The molecule has 0 aliphatic heterocycles. The van der Waals surface area contributed by atoms with Gasteiger partial charge in [0, 0.05) is 16.7 Å². The molecule has 0 fully saturated rings. The van der Waals surface area contributed by atoms with Gasteiger partial charge in [0.25, 0.3) is 5.69 Å². The van der Waals surface area contributed by atoms with Crippen molar-refractivity contribution in [1.82, 2.24) is 4.98 Å². The lowest BCUT2D eigenvalue weighted by molar-refractivity contribution is -0.388. The highest BCUT2D eigenvalue weighted by Gasteiger charge is 2.05. The summed E-state index contributed by atoms with van der Waals surface area (Å²) < 4.78 is 0.554. The van der Waals surface area contributed by atoms with Crippen molar-refractivity contribution in [3.8, 4) is 0 Å². The van der Waals surface area contributed by atoms with Crippen molar-refractivity contribution in [1.29, 1.82) is 0 Å². The monoisotopic (exact) mass is 233 g/mol. The predicted octanol–water partition coefficient (Wildman–Crippen LogP) is 1.66. The highest BCUT2D eigenvalue weighted by molar-refractivity contribution is 9.10. The topological polar surface area (TPSA) is 56.0 Å². The maximum Gasteiger partial charge on any atom is 0.269 e. The number of nitro groups is 1. The summed E-state index contributed by atoms with van der Waals surface area (Å²) >= 11 is 7.67. The van der Waals surface area contributed by atoms with Crippen LogP contribution in [0, 0.1) is 10.1 Å². The van der Waals surface area contributed by atoms with Crippen molar-refractivity contribution < 1.29 is 4.92 Å². The lowest BCUT2D eigenvalue weighted by atomic mass is 10.4. The van der Waals surface area contributed by atoms with E-state index in [0.29, 0.717) is 4.47 Å². The summed E-state index contributed by atoms with van der Waals surface area (Å²) in [6.07, 6.45) is 1.43. The Hall–Kier alpha value is -0.750. The van der Waals surface area contributed by atoms with Crippen molar-refractivity contribution in [2.24, 2.45) is 0 Å². The van der Waals surface area contributed by atoms with Gasteiger partial charge in [0.1, 0.15) is 0 Å². The first-order valence-electron chi connectivity index (χ1n) is 2.58. The van der Waals surface area contributed by atoms with E-state index in [1.54, 1.807) is 0 Å². The van der Waals surface area contributed by atoms with Crippen LogP contribution >= 0.6 is 15.9 Å². The molecule has 0 atom stereocenters. The van der Waals surface area contributed by atoms with Crippen LogP contribution in [0.1, 0.15) is 0 Å². The molecule has 58 valence electrons. The standard InChI is InChI=1S/C5H3BrN2O2S/c6-3-1-4(8(9)10)5(11)7-2-3/h1-2H,(H,7,11)/p-1. The van der Waals surface area contributed by atoms with E-state index in [9.17, 15) is 10.1 Å². The molecule has 0 aliphatic carbocycles. The molecule has 0 saturated carbocycles.